The van der Waals surface area contributed by atoms with E-state index in [9.17, 15) is 13.2 Å². The molecule has 1 aromatic carbocycles. The maximum absolute atomic E-state index is 13.3. The Balaban J connectivity index is 1.65. The van der Waals surface area contributed by atoms with Crippen LogP contribution in [0, 0.1) is 0 Å². The van der Waals surface area contributed by atoms with Crippen molar-refractivity contribution in [2.45, 2.75) is 38.9 Å². The first-order valence-electron chi connectivity index (χ1n) is 8.90. The topological polar surface area (TPSA) is 57.7 Å². The Morgan fingerprint density at radius 1 is 1.15 bits per heavy atom. The van der Waals surface area contributed by atoms with Crippen molar-refractivity contribution in [3.63, 3.8) is 0 Å². The third-order valence-electron chi connectivity index (χ3n) is 5.33. The maximum Gasteiger partial charge on any atom is 0.241 e. The summed E-state index contributed by atoms with van der Waals surface area (Å²) in [5.41, 5.74) is 3.25. The molecule has 2 aliphatic rings. The molecule has 1 amide bonds. The standard InChI is InChI=1S/C19H22N2O3S2/c1-2-26(23,24)21-13-15-6-4-3-5-14(15)11-17(21)19(22)20-9-7-18-16(12-20)8-10-25-18/h3-6,8,10,17H,2,7,9,11-13H2,1H3/t17-/m0/s1. The molecule has 0 saturated carbocycles. The van der Waals surface area contributed by atoms with E-state index in [4.69, 9.17) is 0 Å². The van der Waals surface area contributed by atoms with E-state index in [1.54, 1.807) is 18.3 Å². The average Bonchev–Trinajstić information content (AvgIpc) is 3.14. The Hall–Kier alpha value is -1.70. The minimum Gasteiger partial charge on any atom is -0.337 e. The number of amides is 1. The highest BCUT2D eigenvalue weighted by molar-refractivity contribution is 7.89. The van der Waals surface area contributed by atoms with E-state index >= 15 is 0 Å². The van der Waals surface area contributed by atoms with Gasteiger partial charge in [0.2, 0.25) is 15.9 Å². The van der Waals surface area contributed by atoms with Gasteiger partial charge in [-0.2, -0.15) is 4.31 Å². The fraction of sp³-hybridized carbons (Fsp3) is 0.421. The van der Waals surface area contributed by atoms with E-state index in [0.29, 0.717) is 19.5 Å². The van der Waals surface area contributed by atoms with Gasteiger partial charge in [0.15, 0.2) is 0 Å². The summed E-state index contributed by atoms with van der Waals surface area (Å²) < 4.78 is 26.8. The smallest absolute Gasteiger partial charge is 0.241 e. The Labute approximate surface area is 158 Å². The van der Waals surface area contributed by atoms with Crippen LogP contribution in [0.15, 0.2) is 35.7 Å². The zero-order valence-corrected chi connectivity index (χ0v) is 16.4. The van der Waals surface area contributed by atoms with Crippen LogP contribution < -0.4 is 0 Å². The first-order valence-corrected chi connectivity index (χ1v) is 11.4. The molecular formula is C19H22N2O3S2. The van der Waals surface area contributed by atoms with Gasteiger partial charge in [0.1, 0.15) is 6.04 Å². The number of carbonyl (C=O) groups is 1. The second-order valence-electron chi connectivity index (χ2n) is 6.81. The molecule has 0 bridgehead atoms. The molecule has 0 fully saturated rings. The van der Waals surface area contributed by atoms with E-state index in [0.717, 1.165) is 17.5 Å². The number of rotatable bonds is 3. The monoisotopic (exact) mass is 390 g/mol. The molecule has 3 heterocycles. The summed E-state index contributed by atoms with van der Waals surface area (Å²) >= 11 is 1.73. The maximum atomic E-state index is 13.3. The molecule has 138 valence electrons. The van der Waals surface area contributed by atoms with Crippen molar-refractivity contribution in [1.29, 1.82) is 0 Å². The van der Waals surface area contributed by atoms with Gasteiger partial charge in [0.05, 0.1) is 5.75 Å². The average molecular weight is 391 g/mol. The Kier molecular flexibility index (Phi) is 4.62. The molecule has 1 aromatic heterocycles. The summed E-state index contributed by atoms with van der Waals surface area (Å²) in [5.74, 6) is -0.0680. The predicted octanol–water partition coefficient (Wildman–Crippen LogP) is 2.41. The molecule has 1 atom stereocenters. The molecule has 0 saturated heterocycles. The van der Waals surface area contributed by atoms with Crippen molar-refractivity contribution < 1.29 is 13.2 Å². The van der Waals surface area contributed by atoms with Gasteiger partial charge in [0.25, 0.3) is 0 Å². The fourth-order valence-electron chi connectivity index (χ4n) is 3.81. The summed E-state index contributed by atoms with van der Waals surface area (Å²) in [6, 6.07) is 9.24. The number of hydrogen-bond donors (Lipinski definition) is 0. The van der Waals surface area contributed by atoms with E-state index < -0.39 is 16.1 Å². The van der Waals surface area contributed by atoms with Crippen LogP contribution in [0.2, 0.25) is 0 Å². The van der Waals surface area contributed by atoms with E-state index in [-0.39, 0.29) is 18.2 Å². The predicted molar refractivity (Wildman–Crippen MR) is 102 cm³/mol. The normalized spacial score (nSPS) is 20.5. The zero-order chi connectivity index (χ0) is 18.3. The summed E-state index contributed by atoms with van der Waals surface area (Å²) in [4.78, 5) is 16.5. The van der Waals surface area contributed by atoms with Crippen LogP contribution in [0.25, 0.3) is 0 Å². The Morgan fingerprint density at radius 2 is 1.92 bits per heavy atom. The highest BCUT2D eigenvalue weighted by atomic mass is 32.2. The van der Waals surface area contributed by atoms with Crippen LogP contribution in [0.4, 0.5) is 0 Å². The first-order chi connectivity index (χ1) is 12.5. The van der Waals surface area contributed by atoms with Crippen molar-refractivity contribution in [3.8, 4) is 0 Å². The number of thiophene rings is 1. The minimum absolute atomic E-state index is 0.00757. The molecule has 0 radical (unpaired) electrons. The van der Waals surface area contributed by atoms with Crippen LogP contribution in [-0.2, 0) is 40.7 Å². The van der Waals surface area contributed by atoms with Gasteiger partial charge in [-0.15, -0.1) is 11.3 Å². The van der Waals surface area contributed by atoms with E-state index in [1.165, 1.54) is 14.7 Å². The second-order valence-corrected chi connectivity index (χ2v) is 10.0. The molecule has 5 nitrogen and oxygen atoms in total. The molecular weight excluding hydrogens is 368 g/mol. The number of benzene rings is 1. The number of carbonyl (C=O) groups excluding carboxylic acids is 1. The van der Waals surface area contributed by atoms with Crippen molar-refractivity contribution >= 4 is 27.3 Å². The van der Waals surface area contributed by atoms with Crippen LogP contribution in [0.5, 0.6) is 0 Å². The molecule has 0 N–H and O–H groups in total. The van der Waals surface area contributed by atoms with E-state index in [1.807, 2.05) is 29.2 Å². The molecule has 2 aliphatic heterocycles. The van der Waals surface area contributed by atoms with Gasteiger partial charge < -0.3 is 4.90 Å². The highest BCUT2D eigenvalue weighted by Crippen LogP contribution is 2.30. The second kappa shape index (κ2) is 6.79. The molecule has 0 unspecified atom stereocenters. The van der Waals surface area contributed by atoms with E-state index in [2.05, 4.69) is 11.4 Å². The lowest BCUT2D eigenvalue weighted by atomic mass is 9.94. The number of sulfonamides is 1. The van der Waals surface area contributed by atoms with Gasteiger partial charge in [-0.25, -0.2) is 8.42 Å². The van der Waals surface area contributed by atoms with Crippen molar-refractivity contribution in [2.24, 2.45) is 0 Å². The number of hydrogen-bond acceptors (Lipinski definition) is 4. The summed E-state index contributed by atoms with van der Waals surface area (Å²) in [7, 11) is -3.46. The number of nitrogens with zero attached hydrogens (tertiary/aromatic N) is 2. The van der Waals surface area contributed by atoms with Crippen molar-refractivity contribution in [2.75, 3.05) is 12.3 Å². The fourth-order valence-corrected chi connectivity index (χ4v) is 5.92. The molecule has 4 rings (SSSR count). The SMILES string of the molecule is CCS(=O)(=O)N1Cc2ccccc2C[C@H]1C(=O)N1CCc2sccc2C1. The highest BCUT2D eigenvalue weighted by Gasteiger charge is 2.40. The van der Waals surface area contributed by atoms with Gasteiger partial charge >= 0.3 is 0 Å². The van der Waals surface area contributed by atoms with Crippen molar-refractivity contribution in [3.05, 3.63) is 57.3 Å². The Morgan fingerprint density at radius 3 is 2.69 bits per heavy atom. The van der Waals surface area contributed by atoms with Gasteiger partial charge in [-0.3, -0.25) is 4.79 Å². The summed E-state index contributed by atoms with van der Waals surface area (Å²) in [6.45, 7) is 3.15. The lowest BCUT2D eigenvalue weighted by Gasteiger charge is -2.38. The van der Waals surface area contributed by atoms with Gasteiger partial charge in [-0.05, 0) is 47.9 Å². The van der Waals surface area contributed by atoms with Crippen molar-refractivity contribution in [1.82, 2.24) is 9.21 Å². The summed E-state index contributed by atoms with van der Waals surface area (Å²) in [5, 5.41) is 2.06. The van der Waals surface area contributed by atoms with Gasteiger partial charge in [-0.1, -0.05) is 24.3 Å². The first kappa shape index (κ1) is 17.7. The van der Waals surface area contributed by atoms with Crippen LogP contribution >= 0.6 is 11.3 Å². The molecule has 2 aromatic rings. The third kappa shape index (κ3) is 3.08. The summed E-state index contributed by atoms with van der Waals surface area (Å²) in [6.07, 6.45) is 1.30. The number of fused-ring (bicyclic) bond motifs is 2. The molecule has 26 heavy (non-hydrogen) atoms. The van der Waals surface area contributed by atoms with Crippen LogP contribution in [0.1, 0.15) is 28.5 Å². The molecule has 0 spiro atoms. The third-order valence-corrected chi connectivity index (χ3v) is 8.18. The van der Waals surface area contributed by atoms with Gasteiger partial charge in [0, 0.05) is 24.5 Å². The lowest BCUT2D eigenvalue weighted by molar-refractivity contribution is -0.136. The molecule has 0 aliphatic carbocycles. The largest absolute Gasteiger partial charge is 0.337 e. The minimum atomic E-state index is -3.46. The quantitative estimate of drug-likeness (QED) is 0.809. The van der Waals surface area contributed by atoms with Crippen LogP contribution in [-0.4, -0.2) is 41.9 Å². The molecule has 7 heteroatoms. The van der Waals surface area contributed by atoms with Crippen LogP contribution in [0.3, 0.4) is 0 Å². The lowest BCUT2D eigenvalue weighted by Crippen LogP contribution is -2.54. The zero-order valence-electron chi connectivity index (χ0n) is 14.7. The Bertz CT molecular complexity index is 936.